The summed E-state index contributed by atoms with van der Waals surface area (Å²) in [6.07, 6.45) is 4.95. The molecule has 20 heavy (non-hydrogen) atoms. The molecule has 0 aliphatic carbocycles. The molecule has 2 heteroatoms. The van der Waals surface area contributed by atoms with Gasteiger partial charge in [0.25, 0.3) is 0 Å². The van der Waals surface area contributed by atoms with E-state index in [2.05, 4.69) is 70.9 Å². The Hall–Kier alpha value is -2.35. The molecule has 0 saturated heterocycles. The van der Waals surface area contributed by atoms with Crippen LogP contribution in [0.4, 0.5) is 0 Å². The lowest BCUT2D eigenvalue weighted by atomic mass is 10.0. The Kier molecular flexibility index (Phi) is 3.93. The summed E-state index contributed by atoms with van der Waals surface area (Å²) in [5, 5.41) is 7.35. The van der Waals surface area contributed by atoms with Crippen LogP contribution in [0.5, 0.6) is 0 Å². The summed E-state index contributed by atoms with van der Waals surface area (Å²) in [7, 11) is 0. The van der Waals surface area contributed by atoms with Gasteiger partial charge in [-0.3, -0.25) is 5.10 Å². The Balaban J connectivity index is 1.68. The average molecular weight is 262 g/mol. The van der Waals surface area contributed by atoms with Gasteiger partial charge in [0.1, 0.15) is 0 Å². The minimum absolute atomic E-state index is 0.946. The number of hydrogen-bond acceptors (Lipinski definition) is 1. The van der Waals surface area contributed by atoms with Crippen molar-refractivity contribution in [3.8, 4) is 0 Å². The summed E-state index contributed by atoms with van der Waals surface area (Å²) in [5.74, 6) is 0. The largest absolute Gasteiger partial charge is 0.282 e. The molecule has 0 bridgehead atoms. The number of nitrogens with one attached hydrogen (secondary N) is 1. The van der Waals surface area contributed by atoms with Gasteiger partial charge < -0.3 is 0 Å². The predicted molar refractivity (Wildman–Crippen MR) is 81.7 cm³/mol. The van der Waals surface area contributed by atoms with Crippen molar-refractivity contribution < 1.29 is 0 Å². The third-order valence-corrected chi connectivity index (χ3v) is 3.55. The van der Waals surface area contributed by atoms with Crippen LogP contribution in [0, 0.1) is 0 Å². The van der Waals surface area contributed by atoms with Gasteiger partial charge in [-0.2, -0.15) is 5.10 Å². The second-order valence-electron chi connectivity index (χ2n) is 5.02. The lowest BCUT2D eigenvalue weighted by molar-refractivity contribution is 0.881. The van der Waals surface area contributed by atoms with Gasteiger partial charge in [-0.1, -0.05) is 60.7 Å². The number of aromatic nitrogens is 2. The van der Waals surface area contributed by atoms with Gasteiger partial charge in [0, 0.05) is 12.1 Å². The molecule has 100 valence electrons. The highest BCUT2D eigenvalue weighted by Crippen LogP contribution is 2.14. The second-order valence-corrected chi connectivity index (χ2v) is 5.02. The smallest absolute Gasteiger partial charge is 0.0525 e. The van der Waals surface area contributed by atoms with Crippen LogP contribution in [0.2, 0.25) is 0 Å². The number of benzene rings is 2. The Morgan fingerprint density at radius 1 is 0.750 bits per heavy atom. The van der Waals surface area contributed by atoms with Crippen LogP contribution in [0.1, 0.15) is 22.4 Å². The molecule has 0 atom stereocenters. The van der Waals surface area contributed by atoms with Gasteiger partial charge in [0.2, 0.25) is 0 Å². The van der Waals surface area contributed by atoms with E-state index in [1.807, 2.05) is 6.20 Å². The molecule has 2 nitrogen and oxygen atoms in total. The van der Waals surface area contributed by atoms with Crippen LogP contribution in [0.3, 0.4) is 0 Å². The predicted octanol–water partition coefficient (Wildman–Crippen LogP) is 3.79. The summed E-state index contributed by atoms with van der Waals surface area (Å²) in [4.78, 5) is 0. The molecule has 0 aliphatic rings. The van der Waals surface area contributed by atoms with E-state index in [1.54, 1.807) is 0 Å². The van der Waals surface area contributed by atoms with E-state index in [1.165, 1.54) is 22.4 Å². The zero-order valence-corrected chi connectivity index (χ0v) is 11.4. The molecule has 0 fully saturated rings. The SMILES string of the molecule is c1ccc(CCc2[nH]ncc2Cc2ccccc2)cc1. The van der Waals surface area contributed by atoms with Crippen LogP contribution < -0.4 is 0 Å². The Morgan fingerprint density at radius 3 is 2.10 bits per heavy atom. The van der Waals surface area contributed by atoms with E-state index < -0.39 is 0 Å². The quantitative estimate of drug-likeness (QED) is 0.744. The summed E-state index contributed by atoms with van der Waals surface area (Å²) in [6, 6.07) is 21.1. The van der Waals surface area contributed by atoms with Gasteiger partial charge in [0.15, 0.2) is 0 Å². The number of hydrogen-bond donors (Lipinski definition) is 1. The van der Waals surface area contributed by atoms with Crippen molar-refractivity contribution in [2.45, 2.75) is 19.3 Å². The topological polar surface area (TPSA) is 28.7 Å². The minimum atomic E-state index is 0.946. The van der Waals surface area contributed by atoms with Crippen molar-refractivity contribution in [1.29, 1.82) is 0 Å². The highest BCUT2D eigenvalue weighted by Gasteiger charge is 2.06. The first kappa shape index (κ1) is 12.7. The number of H-pyrrole nitrogens is 1. The zero-order chi connectivity index (χ0) is 13.6. The Bertz CT molecular complexity index is 641. The van der Waals surface area contributed by atoms with Crippen LogP contribution in [-0.2, 0) is 19.3 Å². The molecule has 0 amide bonds. The average Bonchev–Trinajstić information content (AvgIpc) is 2.94. The normalized spacial score (nSPS) is 10.6. The molecule has 0 aliphatic heterocycles. The van der Waals surface area contributed by atoms with Crippen LogP contribution in [0.15, 0.2) is 66.9 Å². The van der Waals surface area contributed by atoms with Crippen molar-refractivity contribution in [3.63, 3.8) is 0 Å². The first-order chi connectivity index (χ1) is 9.92. The van der Waals surface area contributed by atoms with Gasteiger partial charge in [-0.15, -0.1) is 0 Å². The fourth-order valence-corrected chi connectivity index (χ4v) is 2.44. The van der Waals surface area contributed by atoms with Crippen molar-refractivity contribution in [2.24, 2.45) is 0 Å². The fourth-order valence-electron chi connectivity index (χ4n) is 2.44. The summed E-state index contributed by atoms with van der Waals surface area (Å²) >= 11 is 0. The molecule has 1 aromatic heterocycles. The molecular formula is C18H18N2. The third kappa shape index (κ3) is 3.15. The molecular weight excluding hydrogens is 244 g/mol. The highest BCUT2D eigenvalue weighted by molar-refractivity contribution is 5.28. The zero-order valence-electron chi connectivity index (χ0n) is 11.4. The first-order valence-electron chi connectivity index (χ1n) is 7.01. The molecule has 3 rings (SSSR count). The van der Waals surface area contributed by atoms with E-state index in [0.717, 1.165) is 19.3 Å². The lowest BCUT2D eigenvalue weighted by Gasteiger charge is -2.04. The second kappa shape index (κ2) is 6.20. The number of rotatable bonds is 5. The minimum Gasteiger partial charge on any atom is -0.282 e. The summed E-state index contributed by atoms with van der Waals surface area (Å²) < 4.78 is 0. The van der Waals surface area contributed by atoms with E-state index in [-0.39, 0.29) is 0 Å². The van der Waals surface area contributed by atoms with Crippen LogP contribution in [0.25, 0.3) is 0 Å². The molecule has 2 aromatic carbocycles. The van der Waals surface area contributed by atoms with Crippen LogP contribution in [-0.4, -0.2) is 10.2 Å². The number of aryl methyl sites for hydroxylation is 2. The van der Waals surface area contributed by atoms with Crippen molar-refractivity contribution >= 4 is 0 Å². The molecule has 0 radical (unpaired) electrons. The van der Waals surface area contributed by atoms with Gasteiger partial charge >= 0.3 is 0 Å². The van der Waals surface area contributed by atoms with Gasteiger partial charge in [-0.25, -0.2) is 0 Å². The molecule has 1 N–H and O–H groups in total. The molecule has 0 saturated carbocycles. The maximum absolute atomic E-state index is 4.21. The van der Waals surface area contributed by atoms with E-state index in [0.29, 0.717) is 0 Å². The molecule has 1 heterocycles. The highest BCUT2D eigenvalue weighted by atomic mass is 15.1. The Labute approximate surface area is 119 Å². The maximum atomic E-state index is 4.21. The van der Waals surface area contributed by atoms with Gasteiger partial charge in [-0.05, 0) is 29.5 Å². The lowest BCUT2D eigenvalue weighted by Crippen LogP contribution is -1.97. The standard InChI is InChI=1S/C18H18N2/c1-3-7-15(8-4-1)11-12-18-17(14-19-20-18)13-16-9-5-2-6-10-16/h1-10,14H,11-13H2,(H,19,20). The van der Waals surface area contributed by atoms with Crippen molar-refractivity contribution in [1.82, 2.24) is 10.2 Å². The van der Waals surface area contributed by atoms with E-state index in [9.17, 15) is 0 Å². The first-order valence-corrected chi connectivity index (χ1v) is 7.01. The van der Waals surface area contributed by atoms with Gasteiger partial charge in [0.05, 0.1) is 6.20 Å². The molecule has 0 spiro atoms. The van der Waals surface area contributed by atoms with E-state index in [4.69, 9.17) is 0 Å². The summed E-state index contributed by atoms with van der Waals surface area (Å²) in [6.45, 7) is 0. The third-order valence-electron chi connectivity index (χ3n) is 3.55. The van der Waals surface area contributed by atoms with Crippen molar-refractivity contribution in [2.75, 3.05) is 0 Å². The Morgan fingerprint density at radius 2 is 1.40 bits per heavy atom. The van der Waals surface area contributed by atoms with E-state index >= 15 is 0 Å². The summed E-state index contributed by atoms with van der Waals surface area (Å²) in [5.41, 5.74) is 5.24. The number of nitrogens with zero attached hydrogens (tertiary/aromatic N) is 1. The van der Waals surface area contributed by atoms with Crippen molar-refractivity contribution in [3.05, 3.63) is 89.2 Å². The molecule has 0 unspecified atom stereocenters. The monoisotopic (exact) mass is 262 g/mol. The fraction of sp³-hybridized carbons (Fsp3) is 0.167. The maximum Gasteiger partial charge on any atom is 0.0525 e. The molecule has 3 aromatic rings. The van der Waals surface area contributed by atoms with Crippen LogP contribution >= 0.6 is 0 Å². The number of aromatic amines is 1.